The molecule has 0 radical (unpaired) electrons. The Labute approximate surface area is 102 Å². The van der Waals surface area contributed by atoms with Gasteiger partial charge in [0, 0.05) is 0 Å². The van der Waals surface area contributed by atoms with Crippen molar-refractivity contribution in [2.24, 2.45) is 0 Å². The molecule has 0 unspecified atom stereocenters. The summed E-state index contributed by atoms with van der Waals surface area (Å²) in [4.78, 5) is 22.1. The van der Waals surface area contributed by atoms with Crippen molar-refractivity contribution in [2.75, 3.05) is 0 Å². The highest BCUT2D eigenvalue weighted by molar-refractivity contribution is 5.91. The molecule has 0 fully saturated rings. The Bertz CT molecular complexity index is 541. The molecule has 2 aromatic rings. The van der Waals surface area contributed by atoms with Crippen molar-refractivity contribution in [1.29, 1.82) is 0 Å². The molecule has 0 aliphatic heterocycles. The van der Waals surface area contributed by atoms with E-state index in [-0.39, 0.29) is 24.5 Å². The van der Waals surface area contributed by atoms with E-state index in [0.717, 1.165) is 0 Å². The lowest BCUT2D eigenvalue weighted by Gasteiger charge is -1.99. The molecule has 6 nitrogen and oxygen atoms in total. The standard InChI is InChI=1S/C12H11NO5/c14-11(15)6-8-3-4-10(18-8)12(16)13-7-9-2-1-5-17-9/h1-5H,6-7H2,(H,13,16)(H,14,15). The van der Waals surface area contributed by atoms with Gasteiger partial charge in [-0.1, -0.05) is 0 Å². The van der Waals surface area contributed by atoms with E-state index in [1.54, 1.807) is 12.1 Å². The first-order valence-electron chi connectivity index (χ1n) is 5.26. The summed E-state index contributed by atoms with van der Waals surface area (Å²) in [5.74, 6) is -0.473. The van der Waals surface area contributed by atoms with Crippen molar-refractivity contribution in [3.05, 3.63) is 47.8 Å². The number of nitrogens with one attached hydrogen (secondary N) is 1. The van der Waals surface area contributed by atoms with Crippen molar-refractivity contribution in [1.82, 2.24) is 5.32 Å². The van der Waals surface area contributed by atoms with Crippen LogP contribution in [0.1, 0.15) is 22.1 Å². The lowest BCUT2D eigenvalue weighted by atomic mass is 10.3. The molecule has 0 atom stereocenters. The summed E-state index contributed by atoms with van der Waals surface area (Å²) in [6, 6.07) is 6.36. The van der Waals surface area contributed by atoms with Gasteiger partial charge in [0.2, 0.25) is 0 Å². The highest BCUT2D eigenvalue weighted by Gasteiger charge is 2.12. The van der Waals surface area contributed by atoms with E-state index in [0.29, 0.717) is 5.76 Å². The third-order valence-electron chi connectivity index (χ3n) is 2.21. The van der Waals surface area contributed by atoms with Gasteiger partial charge < -0.3 is 19.3 Å². The monoisotopic (exact) mass is 249 g/mol. The van der Waals surface area contributed by atoms with Gasteiger partial charge in [-0.05, 0) is 24.3 Å². The molecule has 2 N–H and O–H groups in total. The van der Waals surface area contributed by atoms with Crippen LogP contribution in [0, 0.1) is 0 Å². The van der Waals surface area contributed by atoms with Gasteiger partial charge in [-0.2, -0.15) is 0 Å². The smallest absolute Gasteiger partial charge is 0.311 e. The number of rotatable bonds is 5. The van der Waals surface area contributed by atoms with Gasteiger partial charge in [0.1, 0.15) is 17.9 Å². The van der Waals surface area contributed by atoms with E-state index in [4.69, 9.17) is 13.9 Å². The maximum Gasteiger partial charge on any atom is 0.311 e. The Hall–Kier alpha value is -2.50. The second kappa shape index (κ2) is 5.22. The minimum atomic E-state index is -1.01. The number of carbonyl (C=O) groups is 2. The SMILES string of the molecule is O=C(O)Cc1ccc(C(=O)NCc2ccco2)o1. The van der Waals surface area contributed by atoms with Crippen LogP contribution in [0.5, 0.6) is 0 Å². The van der Waals surface area contributed by atoms with Gasteiger partial charge in [-0.3, -0.25) is 9.59 Å². The van der Waals surface area contributed by atoms with Crippen LogP contribution in [-0.2, 0) is 17.8 Å². The first-order valence-corrected chi connectivity index (χ1v) is 5.26. The van der Waals surface area contributed by atoms with E-state index >= 15 is 0 Å². The number of carboxylic acids is 1. The van der Waals surface area contributed by atoms with Gasteiger partial charge in [0.05, 0.1) is 12.8 Å². The molecule has 0 saturated heterocycles. The lowest BCUT2D eigenvalue weighted by Crippen LogP contribution is -2.21. The van der Waals surface area contributed by atoms with Gasteiger partial charge in [0.25, 0.3) is 5.91 Å². The van der Waals surface area contributed by atoms with Crippen molar-refractivity contribution in [2.45, 2.75) is 13.0 Å². The zero-order valence-corrected chi connectivity index (χ0v) is 9.38. The Morgan fingerprint density at radius 3 is 2.72 bits per heavy atom. The van der Waals surface area contributed by atoms with Crippen LogP contribution in [0.15, 0.2) is 39.4 Å². The highest BCUT2D eigenvalue weighted by Crippen LogP contribution is 2.09. The van der Waals surface area contributed by atoms with Gasteiger partial charge in [-0.25, -0.2) is 0 Å². The molecule has 0 spiro atoms. The van der Waals surface area contributed by atoms with E-state index in [1.807, 2.05) is 0 Å². The Morgan fingerprint density at radius 1 is 1.22 bits per heavy atom. The molecular formula is C12H11NO5. The normalized spacial score (nSPS) is 10.2. The second-order valence-electron chi connectivity index (χ2n) is 3.60. The van der Waals surface area contributed by atoms with Crippen LogP contribution in [0.25, 0.3) is 0 Å². The van der Waals surface area contributed by atoms with Crippen LogP contribution in [0.2, 0.25) is 0 Å². The molecule has 0 bridgehead atoms. The Kier molecular flexibility index (Phi) is 3.47. The van der Waals surface area contributed by atoms with Crippen molar-refractivity contribution in [3.8, 4) is 0 Å². The van der Waals surface area contributed by atoms with Crippen molar-refractivity contribution in [3.63, 3.8) is 0 Å². The molecule has 0 saturated carbocycles. The summed E-state index contributed by atoms with van der Waals surface area (Å²) in [5.41, 5.74) is 0. The van der Waals surface area contributed by atoms with E-state index < -0.39 is 11.9 Å². The molecule has 2 aromatic heterocycles. The average molecular weight is 249 g/mol. The Morgan fingerprint density at radius 2 is 2.06 bits per heavy atom. The number of carboxylic acid groups (broad SMARTS) is 1. The number of hydrogen-bond donors (Lipinski definition) is 2. The van der Waals surface area contributed by atoms with Crippen LogP contribution in [0.4, 0.5) is 0 Å². The van der Waals surface area contributed by atoms with Gasteiger partial charge in [0.15, 0.2) is 5.76 Å². The van der Waals surface area contributed by atoms with E-state index in [9.17, 15) is 9.59 Å². The van der Waals surface area contributed by atoms with E-state index in [1.165, 1.54) is 18.4 Å². The number of furan rings is 2. The molecule has 0 aliphatic carbocycles. The van der Waals surface area contributed by atoms with Crippen LogP contribution < -0.4 is 5.32 Å². The minimum Gasteiger partial charge on any atom is -0.481 e. The topological polar surface area (TPSA) is 92.7 Å². The molecule has 0 aliphatic rings. The molecule has 2 heterocycles. The van der Waals surface area contributed by atoms with Gasteiger partial charge >= 0.3 is 5.97 Å². The molecule has 1 amide bonds. The molecule has 94 valence electrons. The number of carbonyl (C=O) groups excluding carboxylic acids is 1. The average Bonchev–Trinajstić information content (AvgIpc) is 2.95. The number of hydrogen-bond acceptors (Lipinski definition) is 4. The molecule has 18 heavy (non-hydrogen) atoms. The first kappa shape index (κ1) is 12.0. The summed E-state index contributed by atoms with van der Waals surface area (Å²) in [6.07, 6.45) is 1.27. The summed E-state index contributed by atoms with van der Waals surface area (Å²) in [6.45, 7) is 0.251. The zero-order chi connectivity index (χ0) is 13.0. The third kappa shape index (κ3) is 3.00. The fourth-order valence-electron chi connectivity index (χ4n) is 1.41. The van der Waals surface area contributed by atoms with Crippen LogP contribution in [0.3, 0.4) is 0 Å². The Balaban J connectivity index is 1.92. The lowest BCUT2D eigenvalue weighted by molar-refractivity contribution is -0.136. The molecule has 2 rings (SSSR count). The second-order valence-corrected chi connectivity index (χ2v) is 3.60. The van der Waals surface area contributed by atoms with Crippen molar-refractivity contribution < 1.29 is 23.5 Å². The largest absolute Gasteiger partial charge is 0.481 e. The van der Waals surface area contributed by atoms with Crippen LogP contribution >= 0.6 is 0 Å². The maximum absolute atomic E-state index is 11.6. The molecule has 6 heteroatoms. The number of aliphatic carboxylic acids is 1. The third-order valence-corrected chi connectivity index (χ3v) is 2.21. The molecular weight excluding hydrogens is 238 g/mol. The van der Waals surface area contributed by atoms with Crippen molar-refractivity contribution >= 4 is 11.9 Å². The fraction of sp³-hybridized carbons (Fsp3) is 0.167. The number of amides is 1. The summed E-state index contributed by atoms with van der Waals surface area (Å²) in [7, 11) is 0. The van der Waals surface area contributed by atoms with Crippen LogP contribution in [-0.4, -0.2) is 17.0 Å². The quantitative estimate of drug-likeness (QED) is 0.836. The first-order chi connectivity index (χ1) is 8.65. The zero-order valence-electron chi connectivity index (χ0n) is 9.38. The minimum absolute atomic E-state index is 0.0813. The summed E-state index contributed by atoms with van der Waals surface area (Å²) in [5, 5.41) is 11.2. The highest BCUT2D eigenvalue weighted by atomic mass is 16.4. The van der Waals surface area contributed by atoms with Gasteiger partial charge in [-0.15, -0.1) is 0 Å². The fourth-order valence-corrected chi connectivity index (χ4v) is 1.41. The summed E-state index contributed by atoms with van der Waals surface area (Å²) >= 11 is 0. The summed E-state index contributed by atoms with van der Waals surface area (Å²) < 4.78 is 10.2. The predicted molar refractivity (Wildman–Crippen MR) is 59.9 cm³/mol. The maximum atomic E-state index is 11.6. The predicted octanol–water partition coefficient (Wildman–Crippen LogP) is 1.43. The van der Waals surface area contributed by atoms with E-state index in [2.05, 4.69) is 5.32 Å². The molecule has 0 aromatic carbocycles.